The average molecular weight is 216 g/mol. The Hall–Kier alpha value is -2.23. The summed E-state index contributed by atoms with van der Waals surface area (Å²) >= 11 is 0. The van der Waals surface area contributed by atoms with E-state index in [1.54, 1.807) is 18.5 Å². The lowest BCUT2D eigenvalue weighted by atomic mass is 10.2. The summed E-state index contributed by atoms with van der Waals surface area (Å²) in [6.45, 7) is 0.275. The van der Waals surface area contributed by atoms with Gasteiger partial charge >= 0.3 is 6.09 Å². The van der Waals surface area contributed by atoms with E-state index in [1.807, 2.05) is 30.3 Å². The van der Waals surface area contributed by atoms with E-state index in [0.717, 1.165) is 5.56 Å². The fourth-order valence-electron chi connectivity index (χ4n) is 1.28. The molecule has 0 radical (unpaired) electrons. The zero-order valence-electron chi connectivity index (χ0n) is 8.64. The molecule has 0 fully saturated rings. The monoisotopic (exact) mass is 216 g/mol. The molecule has 82 valence electrons. The van der Waals surface area contributed by atoms with E-state index >= 15 is 0 Å². The van der Waals surface area contributed by atoms with Crippen molar-refractivity contribution in [2.75, 3.05) is 5.32 Å². The second-order valence-electron chi connectivity index (χ2n) is 3.29. The summed E-state index contributed by atoms with van der Waals surface area (Å²) in [6, 6.07) is 11.3. The summed E-state index contributed by atoms with van der Waals surface area (Å²) in [5.41, 5.74) is 1.66. The maximum Gasteiger partial charge on any atom is 0.412 e. The number of carbonyl (C=O) groups excluding carboxylic acids is 1. The Bertz CT molecular complexity index is 437. The lowest BCUT2D eigenvalue weighted by Crippen LogP contribution is -2.12. The second-order valence-corrected chi connectivity index (χ2v) is 3.29. The van der Waals surface area contributed by atoms with Gasteiger partial charge in [0, 0.05) is 12.4 Å². The third-order valence-corrected chi connectivity index (χ3v) is 2.06. The van der Waals surface area contributed by atoms with Crippen molar-refractivity contribution >= 4 is 11.8 Å². The van der Waals surface area contributed by atoms with Crippen LogP contribution < -0.4 is 5.32 Å². The summed E-state index contributed by atoms with van der Waals surface area (Å²) in [5, 5.41) is 2.60. The van der Waals surface area contributed by atoms with Gasteiger partial charge in [0.15, 0.2) is 0 Å². The molecule has 0 aliphatic rings. The minimum absolute atomic E-state index is 0.275. The van der Waals surface area contributed by atoms with Gasteiger partial charge in [-0.05, 0) is 11.6 Å². The molecule has 0 aliphatic heterocycles. The third-order valence-electron chi connectivity index (χ3n) is 2.06. The highest BCUT2D eigenvalue weighted by atomic mass is 16.5. The quantitative estimate of drug-likeness (QED) is 0.828. The number of aromatic amines is 1. The van der Waals surface area contributed by atoms with Gasteiger partial charge in [0.25, 0.3) is 0 Å². The van der Waals surface area contributed by atoms with Gasteiger partial charge in [-0.15, -0.1) is 0 Å². The van der Waals surface area contributed by atoms with Crippen molar-refractivity contribution in [1.29, 1.82) is 0 Å². The summed E-state index contributed by atoms with van der Waals surface area (Å²) in [7, 11) is 0. The number of hydrogen-bond acceptors (Lipinski definition) is 2. The molecule has 1 heterocycles. The van der Waals surface area contributed by atoms with E-state index in [1.165, 1.54) is 0 Å². The molecule has 0 spiro atoms. The zero-order chi connectivity index (χ0) is 11.2. The molecule has 1 amide bonds. The molecule has 0 atom stereocenters. The average Bonchev–Trinajstić information content (AvgIpc) is 2.81. The fraction of sp³-hybridized carbons (Fsp3) is 0.0833. The number of nitrogens with one attached hydrogen (secondary N) is 2. The van der Waals surface area contributed by atoms with E-state index in [9.17, 15) is 4.79 Å². The van der Waals surface area contributed by atoms with Crippen molar-refractivity contribution in [2.24, 2.45) is 0 Å². The molecule has 2 N–H and O–H groups in total. The number of carbonyl (C=O) groups is 1. The Morgan fingerprint density at radius 3 is 2.75 bits per heavy atom. The summed E-state index contributed by atoms with van der Waals surface area (Å²) in [4.78, 5) is 14.2. The first-order valence-electron chi connectivity index (χ1n) is 4.95. The van der Waals surface area contributed by atoms with Crippen LogP contribution in [0.1, 0.15) is 5.56 Å². The molecule has 4 heteroatoms. The number of amides is 1. The molecule has 2 rings (SSSR count). The van der Waals surface area contributed by atoms with E-state index in [4.69, 9.17) is 4.74 Å². The Morgan fingerprint density at radius 2 is 2.06 bits per heavy atom. The predicted octanol–water partition coefficient (Wildman–Crippen LogP) is 2.76. The van der Waals surface area contributed by atoms with Gasteiger partial charge in [-0.2, -0.15) is 0 Å². The number of hydrogen-bond donors (Lipinski definition) is 2. The van der Waals surface area contributed by atoms with E-state index in [-0.39, 0.29) is 6.61 Å². The van der Waals surface area contributed by atoms with E-state index < -0.39 is 6.09 Å². The molecule has 0 saturated carbocycles. The van der Waals surface area contributed by atoms with Crippen LogP contribution in [0.4, 0.5) is 10.5 Å². The topological polar surface area (TPSA) is 54.1 Å². The highest BCUT2D eigenvalue weighted by Crippen LogP contribution is 2.05. The normalized spacial score (nSPS) is 9.75. The smallest absolute Gasteiger partial charge is 0.412 e. The SMILES string of the molecule is O=C(Nc1cc[nH]c1)OCc1ccccc1. The molecule has 0 saturated heterocycles. The summed E-state index contributed by atoms with van der Waals surface area (Å²) in [5.74, 6) is 0. The number of aromatic nitrogens is 1. The maximum absolute atomic E-state index is 11.3. The van der Waals surface area contributed by atoms with E-state index in [0.29, 0.717) is 5.69 Å². The summed E-state index contributed by atoms with van der Waals surface area (Å²) in [6.07, 6.45) is 2.96. The molecule has 2 aromatic rings. The number of ether oxygens (including phenoxy) is 1. The highest BCUT2D eigenvalue weighted by Gasteiger charge is 2.02. The zero-order valence-corrected chi connectivity index (χ0v) is 8.64. The van der Waals surface area contributed by atoms with Crippen molar-refractivity contribution in [1.82, 2.24) is 4.98 Å². The third kappa shape index (κ3) is 2.88. The maximum atomic E-state index is 11.3. The van der Waals surface area contributed by atoms with Gasteiger partial charge in [-0.25, -0.2) is 4.79 Å². The van der Waals surface area contributed by atoms with Crippen molar-refractivity contribution in [2.45, 2.75) is 6.61 Å². The van der Waals surface area contributed by atoms with Crippen LogP contribution in [0.25, 0.3) is 0 Å². The first kappa shape index (κ1) is 10.3. The molecular formula is C12H12N2O2. The Labute approximate surface area is 93.3 Å². The van der Waals surface area contributed by atoms with Crippen LogP contribution in [0.15, 0.2) is 48.8 Å². The molecule has 1 aromatic carbocycles. The number of benzene rings is 1. The van der Waals surface area contributed by atoms with Crippen molar-refractivity contribution in [3.8, 4) is 0 Å². The second kappa shape index (κ2) is 5.02. The Kier molecular flexibility index (Phi) is 3.23. The molecule has 0 bridgehead atoms. The lowest BCUT2D eigenvalue weighted by molar-refractivity contribution is 0.155. The van der Waals surface area contributed by atoms with Gasteiger partial charge in [-0.3, -0.25) is 5.32 Å². The van der Waals surface area contributed by atoms with Gasteiger partial charge in [0.1, 0.15) is 6.61 Å². The minimum Gasteiger partial charge on any atom is -0.444 e. The van der Waals surface area contributed by atoms with Crippen LogP contribution in [0.2, 0.25) is 0 Å². The predicted molar refractivity (Wildman–Crippen MR) is 61.0 cm³/mol. The van der Waals surface area contributed by atoms with Crippen LogP contribution in [0.5, 0.6) is 0 Å². The van der Waals surface area contributed by atoms with Crippen LogP contribution in [0.3, 0.4) is 0 Å². The first-order valence-corrected chi connectivity index (χ1v) is 4.95. The first-order chi connectivity index (χ1) is 7.84. The molecule has 1 aromatic heterocycles. The van der Waals surface area contributed by atoms with E-state index in [2.05, 4.69) is 10.3 Å². The molecule has 16 heavy (non-hydrogen) atoms. The highest BCUT2D eigenvalue weighted by molar-refractivity contribution is 5.84. The molecule has 4 nitrogen and oxygen atoms in total. The van der Waals surface area contributed by atoms with Crippen LogP contribution in [-0.4, -0.2) is 11.1 Å². The van der Waals surface area contributed by atoms with Gasteiger partial charge in [-0.1, -0.05) is 30.3 Å². The van der Waals surface area contributed by atoms with Crippen LogP contribution in [0, 0.1) is 0 Å². The number of rotatable bonds is 3. The standard InChI is InChI=1S/C12H12N2O2/c15-12(14-11-6-7-13-8-11)16-9-10-4-2-1-3-5-10/h1-8,13H,9H2,(H,14,15). The minimum atomic E-state index is -0.455. The van der Waals surface area contributed by atoms with Gasteiger partial charge in [0.05, 0.1) is 5.69 Å². The summed E-state index contributed by atoms with van der Waals surface area (Å²) < 4.78 is 5.04. The van der Waals surface area contributed by atoms with Crippen molar-refractivity contribution < 1.29 is 9.53 Å². The van der Waals surface area contributed by atoms with Gasteiger partial charge < -0.3 is 9.72 Å². The molecule has 0 unspecified atom stereocenters. The number of anilines is 1. The lowest BCUT2D eigenvalue weighted by Gasteiger charge is -2.05. The number of H-pyrrole nitrogens is 1. The van der Waals surface area contributed by atoms with Crippen LogP contribution in [-0.2, 0) is 11.3 Å². The van der Waals surface area contributed by atoms with Gasteiger partial charge in [0.2, 0.25) is 0 Å². The molecule has 0 aliphatic carbocycles. The Balaban J connectivity index is 1.80. The van der Waals surface area contributed by atoms with Crippen molar-refractivity contribution in [3.05, 3.63) is 54.4 Å². The Morgan fingerprint density at radius 1 is 1.25 bits per heavy atom. The molecular weight excluding hydrogens is 204 g/mol. The van der Waals surface area contributed by atoms with Crippen molar-refractivity contribution in [3.63, 3.8) is 0 Å². The van der Waals surface area contributed by atoms with Crippen LogP contribution >= 0.6 is 0 Å². The largest absolute Gasteiger partial charge is 0.444 e. The fourth-order valence-corrected chi connectivity index (χ4v) is 1.28.